The zero-order chi connectivity index (χ0) is 12.5. The minimum absolute atomic E-state index is 0.0441. The molecule has 3 nitrogen and oxygen atoms in total. The van der Waals surface area contributed by atoms with Gasteiger partial charge in [0.05, 0.1) is 10.8 Å². The van der Waals surface area contributed by atoms with Gasteiger partial charge in [0.15, 0.2) is 0 Å². The monoisotopic (exact) mass is 258 g/mol. The van der Waals surface area contributed by atoms with Crippen LogP contribution in [0.3, 0.4) is 0 Å². The van der Waals surface area contributed by atoms with Gasteiger partial charge in [-0.1, -0.05) is 18.2 Å². The quantitative estimate of drug-likeness (QED) is 0.830. The van der Waals surface area contributed by atoms with Gasteiger partial charge >= 0.3 is 0 Å². The van der Waals surface area contributed by atoms with Crippen LogP contribution in [-0.4, -0.2) is 34.6 Å². The maximum absolute atomic E-state index is 11.9. The highest BCUT2D eigenvalue weighted by Crippen LogP contribution is 2.33. The lowest BCUT2D eigenvalue weighted by molar-refractivity contribution is -0.126. The molecule has 1 aromatic carbocycles. The third-order valence-electron chi connectivity index (χ3n) is 3.24. The number of benzene rings is 1. The zero-order valence-corrected chi connectivity index (χ0v) is 11.0. The molecular formula is C14H14N2OS. The molecule has 0 saturated carbocycles. The molecule has 4 heteroatoms. The molecule has 3 rings (SSSR count). The van der Waals surface area contributed by atoms with E-state index in [1.54, 1.807) is 22.9 Å². The molecule has 1 saturated heterocycles. The van der Waals surface area contributed by atoms with Crippen LogP contribution in [-0.2, 0) is 4.79 Å². The van der Waals surface area contributed by atoms with E-state index in [-0.39, 0.29) is 11.2 Å². The summed E-state index contributed by atoms with van der Waals surface area (Å²) in [5.74, 6) is 0.230. The van der Waals surface area contributed by atoms with Crippen LogP contribution in [0.5, 0.6) is 0 Å². The van der Waals surface area contributed by atoms with Crippen LogP contribution in [0.15, 0.2) is 41.4 Å². The molecule has 0 aliphatic carbocycles. The fourth-order valence-electron chi connectivity index (χ4n) is 2.22. The average Bonchev–Trinajstić information content (AvgIpc) is 2.71. The first-order valence-corrected chi connectivity index (χ1v) is 6.89. The van der Waals surface area contributed by atoms with Gasteiger partial charge in [0, 0.05) is 30.1 Å². The Morgan fingerprint density at radius 2 is 2.17 bits per heavy atom. The summed E-state index contributed by atoms with van der Waals surface area (Å²) in [6, 6.07) is 10.1. The van der Waals surface area contributed by atoms with E-state index in [9.17, 15) is 4.79 Å². The molecule has 1 atom stereocenters. The van der Waals surface area contributed by atoms with Crippen molar-refractivity contribution in [2.24, 2.45) is 0 Å². The van der Waals surface area contributed by atoms with Gasteiger partial charge in [-0.15, -0.1) is 11.8 Å². The predicted molar refractivity (Wildman–Crippen MR) is 73.6 cm³/mol. The van der Waals surface area contributed by atoms with Gasteiger partial charge in [-0.3, -0.25) is 9.78 Å². The first-order chi connectivity index (χ1) is 8.75. The first kappa shape index (κ1) is 11.5. The van der Waals surface area contributed by atoms with Crippen LogP contribution in [0.1, 0.15) is 6.42 Å². The van der Waals surface area contributed by atoms with Gasteiger partial charge in [0.25, 0.3) is 0 Å². The first-order valence-electron chi connectivity index (χ1n) is 6.01. The van der Waals surface area contributed by atoms with Crippen LogP contribution in [0.25, 0.3) is 10.9 Å². The van der Waals surface area contributed by atoms with Crippen LogP contribution in [0.4, 0.5) is 0 Å². The number of rotatable bonds is 2. The second-order valence-electron chi connectivity index (χ2n) is 4.49. The summed E-state index contributed by atoms with van der Waals surface area (Å²) in [6.07, 6.45) is 2.72. The normalized spacial score (nSPS) is 19.7. The Morgan fingerprint density at radius 1 is 1.33 bits per heavy atom. The van der Waals surface area contributed by atoms with E-state index < -0.39 is 0 Å². The van der Waals surface area contributed by atoms with E-state index in [1.165, 1.54) is 0 Å². The summed E-state index contributed by atoms with van der Waals surface area (Å²) in [4.78, 5) is 19.3. The Labute approximate surface area is 110 Å². The van der Waals surface area contributed by atoms with Gasteiger partial charge in [0.1, 0.15) is 0 Å². The number of carbonyl (C=O) groups is 1. The number of likely N-dealkylation sites (tertiary alicyclic amines) is 1. The number of carbonyl (C=O) groups excluding carboxylic acids is 1. The van der Waals surface area contributed by atoms with Crippen LogP contribution in [0.2, 0.25) is 0 Å². The van der Waals surface area contributed by atoms with E-state index >= 15 is 0 Å². The molecule has 2 aromatic rings. The van der Waals surface area contributed by atoms with Crippen molar-refractivity contribution in [3.63, 3.8) is 0 Å². The second-order valence-corrected chi connectivity index (χ2v) is 5.73. The van der Waals surface area contributed by atoms with Crippen molar-refractivity contribution >= 4 is 28.6 Å². The lowest BCUT2D eigenvalue weighted by Gasteiger charge is -2.11. The Morgan fingerprint density at radius 3 is 2.94 bits per heavy atom. The smallest absolute Gasteiger partial charge is 0.235 e. The molecule has 0 bridgehead atoms. The maximum atomic E-state index is 11.9. The van der Waals surface area contributed by atoms with Crippen LogP contribution < -0.4 is 0 Å². The van der Waals surface area contributed by atoms with Crippen molar-refractivity contribution in [1.82, 2.24) is 9.88 Å². The van der Waals surface area contributed by atoms with E-state index in [0.29, 0.717) is 0 Å². The number of nitrogens with zero attached hydrogens (tertiary/aromatic N) is 2. The molecule has 2 heterocycles. The number of amides is 1. The molecule has 0 spiro atoms. The van der Waals surface area contributed by atoms with Gasteiger partial charge in [-0.2, -0.15) is 0 Å². The molecule has 0 N–H and O–H groups in total. The third kappa shape index (κ3) is 1.97. The molecule has 1 fully saturated rings. The van der Waals surface area contributed by atoms with Crippen LogP contribution >= 0.6 is 11.8 Å². The Kier molecular flexibility index (Phi) is 2.96. The van der Waals surface area contributed by atoms with Crippen molar-refractivity contribution in [3.8, 4) is 0 Å². The number of pyridine rings is 1. The summed E-state index contributed by atoms with van der Waals surface area (Å²) in [7, 11) is 1.87. The fraction of sp³-hybridized carbons (Fsp3) is 0.286. The van der Waals surface area contributed by atoms with Gasteiger partial charge < -0.3 is 4.90 Å². The molecular weight excluding hydrogens is 244 g/mol. The predicted octanol–water partition coefficient (Wildman–Crippen LogP) is 2.56. The fourth-order valence-corrected chi connectivity index (χ4v) is 3.47. The van der Waals surface area contributed by atoms with Crippen molar-refractivity contribution < 1.29 is 4.79 Å². The molecule has 1 amide bonds. The maximum Gasteiger partial charge on any atom is 0.235 e. The number of para-hydroxylation sites is 1. The minimum Gasteiger partial charge on any atom is -0.345 e. The highest BCUT2D eigenvalue weighted by molar-refractivity contribution is 8.00. The number of hydrogen-bond acceptors (Lipinski definition) is 3. The summed E-state index contributed by atoms with van der Waals surface area (Å²) in [6.45, 7) is 0.856. The lowest BCUT2D eigenvalue weighted by atomic mass is 10.2. The summed E-state index contributed by atoms with van der Waals surface area (Å²) in [5.41, 5.74) is 0.993. The van der Waals surface area contributed by atoms with E-state index in [0.717, 1.165) is 28.8 Å². The second kappa shape index (κ2) is 4.61. The SMILES string of the molecule is CN1CCC(Sc2cccc3cccnc23)C1=O. The van der Waals surface area contributed by atoms with E-state index in [2.05, 4.69) is 17.1 Å². The highest BCUT2D eigenvalue weighted by atomic mass is 32.2. The summed E-state index contributed by atoms with van der Waals surface area (Å²) >= 11 is 1.64. The highest BCUT2D eigenvalue weighted by Gasteiger charge is 2.30. The lowest BCUT2D eigenvalue weighted by Crippen LogP contribution is -2.23. The Hall–Kier alpha value is -1.55. The molecule has 1 aliphatic heterocycles. The summed E-state index contributed by atoms with van der Waals surface area (Å²) < 4.78 is 0. The van der Waals surface area contributed by atoms with Crippen LogP contribution in [0, 0.1) is 0 Å². The van der Waals surface area contributed by atoms with Crippen molar-refractivity contribution in [1.29, 1.82) is 0 Å². The molecule has 1 aromatic heterocycles. The van der Waals surface area contributed by atoms with Gasteiger partial charge in [-0.05, 0) is 18.6 Å². The van der Waals surface area contributed by atoms with Gasteiger partial charge in [-0.25, -0.2) is 0 Å². The molecule has 1 aliphatic rings. The van der Waals surface area contributed by atoms with Crippen molar-refractivity contribution in [2.75, 3.05) is 13.6 Å². The Balaban J connectivity index is 1.93. The molecule has 18 heavy (non-hydrogen) atoms. The minimum atomic E-state index is 0.0441. The number of fused-ring (bicyclic) bond motifs is 1. The van der Waals surface area contributed by atoms with E-state index in [1.807, 2.05) is 25.2 Å². The standard InChI is InChI=1S/C14H14N2OS/c1-16-9-7-12(14(16)17)18-11-6-2-4-10-5-3-8-15-13(10)11/h2-6,8,12H,7,9H2,1H3. The largest absolute Gasteiger partial charge is 0.345 e. The average molecular weight is 258 g/mol. The summed E-state index contributed by atoms with van der Waals surface area (Å²) in [5, 5.41) is 1.17. The van der Waals surface area contributed by atoms with E-state index in [4.69, 9.17) is 0 Å². The number of thioether (sulfide) groups is 1. The number of hydrogen-bond donors (Lipinski definition) is 0. The zero-order valence-electron chi connectivity index (χ0n) is 10.2. The van der Waals surface area contributed by atoms with Crippen molar-refractivity contribution in [2.45, 2.75) is 16.6 Å². The Bertz CT molecular complexity index is 594. The van der Waals surface area contributed by atoms with Gasteiger partial charge in [0.2, 0.25) is 5.91 Å². The molecule has 1 unspecified atom stereocenters. The third-order valence-corrected chi connectivity index (χ3v) is 4.55. The number of aromatic nitrogens is 1. The topological polar surface area (TPSA) is 33.2 Å². The molecule has 0 radical (unpaired) electrons. The van der Waals surface area contributed by atoms with Crippen molar-refractivity contribution in [3.05, 3.63) is 36.5 Å². The molecule has 92 valence electrons.